The number of benzene rings is 2. The monoisotopic (exact) mass is 463 g/mol. The minimum Gasteiger partial charge on any atom is -0.488 e. The number of alkyl halides is 3. The summed E-state index contributed by atoms with van der Waals surface area (Å²) in [6.07, 6.45) is -4.51. The molecule has 0 radical (unpaired) electrons. The zero-order chi connectivity index (χ0) is 23.3. The van der Waals surface area contributed by atoms with E-state index in [-0.39, 0.29) is 25.5 Å². The molecule has 1 amide bonds. The second kappa shape index (κ2) is 9.86. The number of halogens is 3. The summed E-state index contributed by atoms with van der Waals surface area (Å²) in [5.74, 6) is -0.719. The first-order chi connectivity index (χ1) is 15.1. The maximum absolute atomic E-state index is 12.7. The largest absolute Gasteiger partial charge is 0.488 e. The van der Waals surface area contributed by atoms with E-state index >= 15 is 0 Å². The Kier molecular flexibility index (Phi) is 7.19. The molecule has 0 atom stereocenters. The fraction of sp³-hybridized carbons (Fsp3) is 0.217. The molecular formula is C23H20F3NO4S. The molecule has 0 saturated heterocycles. The molecule has 168 valence electrons. The molecule has 3 rings (SSSR count). The third-order valence-corrected chi connectivity index (χ3v) is 5.67. The van der Waals surface area contributed by atoms with E-state index < -0.39 is 17.7 Å². The van der Waals surface area contributed by atoms with Crippen molar-refractivity contribution in [3.05, 3.63) is 75.5 Å². The van der Waals surface area contributed by atoms with E-state index in [4.69, 9.17) is 9.84 Å². The van der Waals surface area contributed by atoms with Crippen molar-refractivity contribution in [3.63, 3.8) is 0 Å². The van der Waals surface area contributed by atoms with E-state index in [1.54, 1.807) is 30.3 Å². The quantitative estimate of drug-likeness (QED) is 0.461. The minimum atomic E-state index is -4.37. The van der Waals surface area contributed by atoms with E-state index in [1.807, 2.05) is 6.92 Å². The van der Waals surface area contributed by atoms with E-state index in [2.05, 4.69) is 5.32 Å². The average molecular weight is 463 g/mol. The van der Waals surface area contributed by atoms with Gasteiger partial charge in [0.2, 0.25) is 0 Å². The predicted octanol–water partition coefficient (Wildman–Crippen LogP) is 5.53. The van der Waals surface area contributed by atoms with Crippen LogP contribution in [0.5, 0.6) is 5.75 Å². The van der Waals surface area contributed by atoms with Gasteiger partial charge >= 0.3 is 12.1 Å². The molecule has 1 heterocycles. The maximum Gasteiger partial charge on any atom is 0.416 e. The zero-order valence-electron chi connectivity index (χ0n) is 17.0. The number of aryl methyl sites for hydroxylation is 1. The smallest absolute Gasteiger partial charge is 0.416 e. The Morgan fingerprint density at radius 1 is 1.06 bits per heavy atom. The molecule has 0 aliphatic rings. The van der Waals surface area contributed by atoms with E-state index in [0.29, 0.717) is 16.2 Å². The van der Waals surface area contributed by atoms with Gasteiger partial charge in [-0.25, -0.2) is 0 Å². The number of hydrogen-bond donors (Lipinski definition) is 2. The highest BCUT2D eigenvalue weighted by atomic mass is 32.1. The van der Waals surface area contributed by atoms with Crippen molar-refractivity contribution in [1.82, 2.24) is 5.32 Å². The van der Waals surface area contributed by atoms with Crippen LogP contribution in [0.15, 0.2) is 54.6 Å². The highest BCUT2D eigenvalue weighted by Crippen LogP contribution is 2.32. The molecule has 3 aromatic rings. The lowest BCUT2D eigenvalue weighted by Crippen LogP contribution is -2.25. The summed E-state index contributed by atoms with van der Waals surface area (Å²) in [5.41, 5.74) is 1.65. The maximum atomic E-state index is 12.7. The number of thiophene rings is 1. The molecule has 0 unspecified atom stereocenters. The summed E-state index contributed by atoms with van der Waals surface area (Å²) < 4.78 is 44.0. The van der Waals surface area contributed by atoms with Crippen molar-refractivity contribution >= 4 is 23.2 Å². The molecule has 2 N–H and O–H groups in total. The molecule has 0 aliphatic carbocycles. The number of ether oxygens (including phenoxy) is 1. The van der Waals surface area contributed by atoms with Crippen LogP contribution in [0.1, 0.15) is 32.1 Å². The zero-order valence-corrected chi connectivity index (χ0v) is 17.8. The van der Waals surface area contributed by atoms with Crippen molar-refractivity contribution in [2.75, 3.05) is 6.54 Å². The van der Waals surface area contributed by atoms with Crippen LogP contribution in [-0.2, 0) is 17.6 Å². The highest BCUT2D eigenvalue weighted by Gasteiger charge is 2.30. The molecule has 2 aromatic carbocycles. The van der Waals surface area contributed by atoms with Gasteiger partial charge in [-0.15, -0.1) is 11.3 Å². The number of carboxylic acid groups (broad SMARTS) is 1. The lowest BCUT2D eigenvalue weighted by atomic mass is 9.99. The topological polar surface area (TPSA) is 75.6 Å². The van der Waals surface area contributed by atoms with Crippen LogP contribution in [0.2, 0.25) is 0 Å². The molecule has 5 nitrogen and oxygen atoms in total. The van der Waals surface area contributed by atoms with Crippen LogP contribution in [0.3, 0.4) is 0 Å². The minimum absolute atomic E-state index is 0.0580. The second-order valence-electron chi connectivity index (χ2n) is 7.01. The Morgan fingerprint density at radius 2 is 1.78 bits per heavy atom. The Bertz CT molecular complexity index is 1110. The van der Waals surface area contributed by atoms with Crippen LogP contribution in [0, 0.1) is 6.92 Å². The number of amides is 1. The fourth-order valence-corrected chi connectivity index (χ4v) is 3.83. The van der Waals surface area contributed by atoms with Gasteiger partial charge in [0.1, 0.15) is 12.4 Å². The number of aliphatic carboxylic acids is 1. The summed E-state index contributed by atoms with van der Waals surface area (Å²) in [6, 6.07) is 13.8. The third kappa shape index (κ3) is 6.10. The number of carboxylic acids is 1. The van der Waals surface area contributed by atoms with Crippen molar-refractivity contribution in [3.8, 4) is 16.9 Å². The number of carbonyl (C=O) groups is 2. The van der Waals surface area contributed by atoms with Gasteiger partial charge in [-0.1, -0.05) is 18.2 Å². The molecule has 0 spiro atoms. The Labute approximate surface area is 186 Å². The molecule has 0 bridgehead atoms. The summed E-state index contributed by atoms with van der Waals surface area (Å²) in [7, 11) is 0. The Hall–Kier alpha value is -3.33. The van der Waals surface area contributed by atoms with Crippen molar-refractivity contribution in [1.29, 1.82) is 0 Å². The normalized spacial score (nSPS) is 11.2. The van der Waals surface area contributed by atoms with Gasteiger partial charge < -0.3 is 15.2 Å². The molecule has 32 heavy (non-hydrogen) atoms. The van der Waals surface area contributed by atoms with Crippen LogP contribution in [0.4, 0.5) is 13.2 Å². The number of hydrogen-bond acceptors (Lipinski definition) is 4. The van der Waals surface area contributed by atoms with Gasteiger partial charge in [0.25, 0.3) is 5.91 Å². The predicted molar refractivity (Wildman–Crippen MR) is 115 cm³/mol. The first-order valence-electron chi connectivity index (χ1n) is 9.63. The van der Waals surface area contributed by atoms with E-state index in [0.717, 1.165) is 28.1 Å². The Morgan fingerprint density at radius 3 is 2.41 bits per heavy atom. The van der Waals surface area contributed by atoms with Crippen LogP contribution in [-0.4, -0.2) is 23.5 Å². The molecule has 0 fully saturated rings. The van der Waals surface area contributed by atoms with Crippen molar-refractivity contribution in [2.45, 2.75) is 26.1 Å². The van der Waals surface area contributed by atoms with Gasteiger partial charge in [0.15, 0.2) is 0 Å². The van der Waals surface area contributed by atoms with Crippen molar-refractivity contribution in [2.24, 2.45) is 0 Å². The molecule has 9 heteroatoms. The van der Waals surface area contributed by atoms with Gasteiger partial charge in [0, 0.05) is 11.4 Å². The molecule has 1 aromatic heterocycles. The number of carbonyl (C=O) groups excluding carboxylic acids is 1. The first-order valence-corrected chi connectivity index (χ1v) is 10.4. The molecule has 0 saturated carbocycles. The fourth-order valence-electron chi connectivity index (χ4n) is 2.99. The lowest BCUT2D eigenvalue weighted by molar-refractivity contribution is -0.138. The van der Waals surface area contributed by atoms with E-state index in [9.17, 15) is 22.8 Å². The number of rotatable bonds is 8. The average Bonchev–Trinajstić information content (AvgIpc) is 3.21. The molecule has 0 aliphatic heterocycles. The van der Waals surface area contributed by atoms with Gasteiger partial charge in [-0.2, -0.15) is 13.2 Å². The first kappa shape index (κ1) is 23.3. The molecular weight excluding hydrogens is 443 g/mol. The van der Waals surface area contributed by atoms with Crippen LogP contribution < -0.4 is 10.1 Å². The van der Waals surface area contributed by atoms with Crippen LogP contribution >= 0.6 is 11.3 Å². The summed E-state index contributed by atoms with van der Waals surface area (Å²) in [5, 5.41) is 11.2. The second-order valence-corrected chi connectivity index (χ2v) is 8.17. The summed E-state index contributed by atoms with van der Waals surface area (Å²) in [6.45, 7) is 2.15. The summed E-state index contributed by atoms with van der Waals surface area (Å²) >= 11 is 1.25. The van der Waals surface area contributed by atoms with Crippen molar-refractivity contribution < 1.29 is 32.6 Å². The van der Waals surface area contributed by atoms with Gasteiger partial charge in [-0.3, -0.25) is 9.59 Å². The Balaban J connectivity index is 1.60. The van der Waals surface area contributed by atoms with Crippen LogP contribution in [0.25, 0.3) is 11.1 Å². The number of nitrogens with one attached hydrogen (secondary N) is 1. The summed E-state index contributed by atoms with van der Waals surface area (Å²) in [4.78, 5) is 23.8. The van der Waals surface area contributed by atoms with Gasteiger partial charge in [-0.05, 0) is 60.0 Å². The standard InChI is InChI=1S/C23H20F3NO4S/c1-14-12-17(6-8-19(14)15-2-4-16(5-3-15)23(24,25)26)31-13-18-7-9-20(32-18)22(30)27-11-10-21(28)29/h2-9,12H,10-11,13H2,1H3,(H,27,30)(H,28,29). The SMILES string of the molecule is Cc1cc(OCc2ccc(C(=O)NCCC(=O)O)s2)ccc1-c1ccc(C(F)(F)F)cc1. The lowest BCUT2D eigenvalue weighted by Gasteiger charge is -2.11. The van der Waals surface area contributed by atoms with Gasteiger partial charge in [0.05, 0.1) is 16.9 Å². The highest BCUT2D eigenvalue weighted by molar-refractivity contribution is 7.14. The van der Waals surface area contributed by atoms with E-state index in [1.165, 1.54) is 23.5 Å². The third-order valence-electron chi connectivity index (χ3n) is 4.61.